The zero-order chi connectivity index (χ0) is 8.69. The van der Waals surface area contributed by atoms with Crippen LogP contribution in [0, 0.1) is 0 Å². The van der Waals surface area contributed by atoms with E-state index in [2.05, 4.69) is 6.92 Å². The van der Waals surface area contributed by atoms with Crippen LogP contribution in [0.2, 0.25) is 0 Å². The third-order valence-corrected chi connectivity index (χ3v) is 1.88. The minimum Gasteiger partial charge on any atom is -0.322 e. The van der Waals surface area contributed by atoms with Crippen molar-refractivity contribution >= 4 is 5.78 Å². The van der Waals surface area contributed by atoms with Gasteiger partial charge >= 0.3 is 0 Å². The third kappa shape index (κ3) is 4.96. The Bertz CT molecular complexity index is 112. The highest BCUT2D eigenvalue weighted by Gasteiger charge is 2.09. The molecule has 0 saturated carbocycles. The average Bonchev–Trinajstić information content (AvgIpc) is 2.03. The lowest BCUT2D eigenvalue weighted by atomic mass is 10.0. The molecule has 0 aromatic carbocycles. The van der Waals surface area contributed by atoms with Gasteiger partial charge in [0.1, 0.15) is 5.78 Å². The summed E-state index contributed by atoms with van der Waals surface area (Å²) in [4.78, 5) is 11.1. The molecule has 0 radical (unpaired) electrons. The van der Waals surface area contributed by atoms with Crippen molar-refractivity contribution in [2.45, 2.75) is 52.0 Å². The van der Waals surface area contributed by atoms with Crippen LogP contribution in [-0.4, -0.2) is 11.8 Å². The largest absolute Gasteiger partial charge is 0.322 e. The van der Waals surface area contributed by atoms with Crippen LogP contribution < -0.4 is 5.73 Å². The Morgan fingerprint density at radius 3 is 2.45 bits per heavy atom. The minimum atomic E-state index is -0.216. The number of unbranched alkanes of at least 4 members (excludes halogenated alkanes) is 2. The number of Topliss-reactive ketones (excluding diaryl/α,β-unsaturated/α-hetero) is 1. The second-order valence-corrected chi connectivity index (χ2v) is 2.94. The van der Waals surface area contributed by atoms with Crippen LogP contribution in [0.25, 0.3) is 0 Å². The maximum absolute atomic E-state index is 11.1. The summed E-state index contributed by atoms with van der Waals surface area (Å²) >= 11 is 0. The van der Waals surface area contributed by atoms with Gasteiger partial charge in [0, 0.05) is 6.42 Å². The van der Waals surface area contributed by atoms with Gasteiger partial charge in [-0.2, -0.15) is 0 Å². The van der Waals surface area contributed by atoms with E-state index in [1.807, 2.05) is 6.92 Å². The molecule has 0 amide bonds. The van der Waals surface area contributed by atoms with Crippen LogP contribution in [0.15, 0.2) is 0 Å². The maximum Gasteiger partial charge on any atom is 0.149 e. The average molecular weight is 157 g/mol. The smallest absolute Gasteiger partial charge is 0.149 e. The maximum atomic E-state index is 11.1. The number of nitrogens with two attached hydrogens (primary N) is 1. The molecule has 0 heterocycles. The summed E-state index contributed by atoms with van der Waals surface area (Å²) in [7, 11) is 0. The lowest BCUT2D eigenvalue weighted by Gasteiger charge is -2.05. The third-order valence-electron chi connectivity index (χ3n) is 1.88. The van der Waals surface area contributed by atoms with Gasteiger partial charge in [0.15, 0.2) is 0 Å². The summed E-state index contributed by atoms with van der Waals surface area (Å²) in [6, 6.07) is -0.216. The van der Waals surface area contributed by atoms with E-state index in [9.17, 15) is 4.79 Å². The quantitative estimate of drug-likeness (QED) is 0.598. The van der Waals surface area contributed by atoms with Gasteiger partial charge in [-0.15, -0.1) is 0 Å². The predicted octanol–water partition coefficient (Wildman–Crippen LogP) is 1.87. The first-order chi connectivity index (χ1) is 5.22. The van der Waals surface area contributed by atoms with Gasteiger partial charge in [0.05, 0.1) is 6.04 Å². The lowest BCUT2D eigenvalue weighted by Crippen LogP contribution is -2.29. The second kappa shape index (κ2) is 6.35. The molecule has 0 aliphatic carbocycles. The Balaban J connectivity index is 3.36. The summed E-state index contributed by atoms with van der Waals surface area (Å²) in [6.07, 6.45) is 4.74. The van der Waals surface area contributed by atoms with Crippen LogP contribution in [0.3, 0.4) is 0 Å². The highest BCUT2D eigenvalue weighted by molar-refractivity contribution is 5.83. The van der Waals surface area contributed by atoms with Gasteiger partial charge < -0.3 is 5.73 Å². The highest BCUT2D eigenvalue weighted by atomic mass is 16.1. The van der Waals surface area contributed by atoms with Gasteiger partial charge in [-0.3, -0.25) is 4.79 Å². The number of carbonyl (C=O) groups excluding carboxylic acids is 1. The lowest BCUT2D eigenvalue weighted by molar-refractivity contribution is -0.120. The molecule has 0 bridgehead atoms. The Labute approximate surface area is 69.2 Å². The SMILES string of the molecule is CCCCCC(=O)[C@@H](N)CC. The zero-order valence-corrected chi connectivity index (χ0v) is 7.60. The van der Waals surface area contributed by atoms with Crippen LogP contribution in [0.4, 0.5) is 0 Å². The molecule has 0 aliphatic heterocycles. The molecule has 66 valence electrons. The molecule has 2 heteroatoms. The summed E-state index contributed by atoms with van der Waals surface area (Å²) in [6.45, 7) is 4.08. The van der Waals surface area contributed by atoms with E-state index in [4.69, 9.17) is 5.73 Å². The van der Waals surface area contributed by atoms with Crippen molar-refractivity contribution in [1.29, 1.82) is 0 Å². The summed E-state index contributed by atoms with van der Waals surface area (Å²) in [5, 5.41) is 0. The molecular formula is C9H19NO. The molecule has 0 aromatic rings. The van der Waals surface area contributed by atoms with Gasteiger partial charge in [0.25, 0.3) is 0 Å². The standard InChI is InChI=1S/C9H19NO/c1-3-5-6-7-9(11)8(10)4-2/h8H,3-7,10H2,1-2H3/t8-/m0/s1. The van der Waals surface area contributed by atoms with Crippen LogP contribution in [0.1, 0.15) is 46.0 Å². The van der Waals surface area contributed by atoms with Gasteiger partial charge in [0.2, 0.25) is 0 Å². The summed E-state index contributed by atoms with van der Waals surface area (Å²) < 4.78 is 0. The molecule has 1 atom stereocenters. The summed E-state index contributed by atoms with van der Waals surface area (Å²) in [5.41, 5.74) is 5.55. The Kier molecular flexibility index (Phi) is 6.13. The van der Waals surface area contributed by atoms with E-state index in [1.165, 1.54) is 0 Å². The molecule has 0 saturated heterocycles. The van der Waals surface area contributed by atoms with E-state index >= 15 is 0 Å². The van der Waals surface area contributed by atoms with Crippen molar-refractivity contribution in [3.8, 4) is 0 Å². The molecule has 0 aromatic heterocycles. The van der Waals surface area contributed by atoms with Crippen LogP contribution in [-0.2, 0) is 4.79 Å². The van der Waals surface area contributed by atoms with E-state index in [0.717, 1.165) is 25.7 Å². The fourth-order valence-corrected chi connectivity index (χ4v) is 0.962. The first-order valence-electron chi connectivity index (χ1n) is 4.50. The molecule has 0 fully saturated rings. The van der Waals surface area contributed by atoms with Crippen molar-refractivity contribution < 1.29 is 4.79 Å². The van der Waals surface area contributed by atoms with E-state index in [1.54, 1.807) is 0 Å². The molecule has 0 spiro atoms. The molecular weight excluding hydrogens is 138 g/mol. The van der Waals surface area contributed by atoms with Crippen molar-refractivity contribution in [2.75, 3.05) is 0 Å². The molecule has 0 rings (SSSR count). The first kappa shape index (κ1) is 10.6. The topological polar surface area (TPSA) is 43.1 Å². The Hall–Kier alpha value is -0.370. The predicted molar refractivity (Wildman–Crippen MR) is 47.4 cm³/mol. The first-order valence-corrected chi connectivity index (χ1v) is 4.50. The molecule has 0 unspecified atom stereocenters. The molecule has 11 heavy (non-hydrogen) atoms. The fraction of sp³-hybridized carbons (Fsp3) is 0.889. The monoisotopic (exact) mass is 157 g/mol. The van der Waals surface area contributed by atoms with Gasteiger partial charge in [-0.1, -0.05) is 26.7 Å². The van der Waals surface area contributed by atoms with Crippen molar-refractivity contribution in [1.82, 2.24) is 0 Å². The zero-order valence-electron chi connectivity index (χ0n) is 7.60. The number of rotatable bonds is 6. The van der Waals surface area contributed by atoms with Gasteiger partial charge in [-0.05, 0) is 12.8 Å². The van der Waals surface area contributed by atoms with Gasteiger partial charge in [-0.25, -0.2) is 0 Å². The molecule has 0 aliphatic rings. The number of hydrogen-bond donors (Lipinski definition) is 1. The number of carbonyl (C=O) groups is 1. The van der Waals surface area contributed by atoms with E-state index < -0.39 is 0 Å². The highest BCUT2D eigenvalue weighted by Crippen LogP contribution is 2.02. The Morgan fingerprint density at radius 2 is 2.00 bits per heavy atom. The number of hydrogen-bond acceptors (Lipinski definition) is 2. The number of ketones is 1. The normalized spacial score (nSPS) is 13.0. The van der Waals surface area contributed by atoms with Crippen molar-refractivity contribution in [3.05, 3.63) is 0 Å². The second-order valence-electron chi connectivity index (χ2n) is 2.94. The van der Waals surface area contributed by atoms with Crippen molar-refractivity contribution in [3.63, 3.8) is 0 Å². The minimum absolute atomic E-state index is 0.216. The van der Waals surface area contributed by atoms with Crippen LogP contribution >= 0.6 is 0 Å². The molecule has 2 N–H and O–H groups in total. The van der Waals surface area contributed by atoms with Crippen LogP contribution in [0.5, 0.6) is 0 Å². The van der Waals surface area contributed by atoms with E-state index in [-0.39, 0.29) is 11.8 Å². The summed E-state index contributed by atoms with van der Waals surface area (Å²) in [5.74, 6) is 0.223. The molecule has 2 nitrogen and oxygen atoms in total. The Morgan fingerprint density at radius 1 is 1.36 bits per heavy atom. The van der Waals surface area contributed by atoms with E-state index in [0.29, 0.717) is 6.42 Å². The fourth-order valence-electron chi connectivity index (χ4n) is 0.962. The van der Waals surface area contributed by atoms with Crippen molar-refractivity contribution in [2.24, 2.45) is 5.73 Å².